The van der Waals surface area contributed by atoms with Gasteiger partial charge in [0.1, 0.15) is 0 Å². The van der Waals surface area contributed by atoms with Gasteiger partial charge in [0.15, 0.2) is 0 Å². The van der Waals surface area contributed by atoms with E-state index in [0.717, 1.165) is 10.9 Å². The topological polar surface area (TPSA) is 40.1 Å². The normalized spacial score (nSPS) is 10.8. The minimum Gasteiger partial charge on any atom is -0.366 e. The van der Waals surface area contributed by atoms with Crippen molar-refractivity contribution in [2.45, 2.75) is 13.8 Å². The molecule has 0 atom stereocenters. The van der Waals surface area contributed by atoms with Gasteiger partial charge in [0.2, 0.25) is 0 Å². The van der Waals surface area contributed by atoms with Crippen molar-refractivity contribution in [2.75, 3.05) is 0 Å². The summed E-state index contributed by atoms with van der Waals surface area (Å²) in [7, 11) is 0. The van der Waals surface area contributed by atoms with Crippen LogP contribution in [-0.4, -0.2) is 0 Å². The van der Waals surface area contributed by atoms with Gasteiger partial charge in [0.05, 0.1) is 11.0 Å². The number of fused-ring (bicyclic) bond motifs is 1. The Balaban J connectivity index is 2.97. The number of hydrogen-bond donors (Lipinski definition) is 0. The highest BCUT2D eigenvalue weighted by atomic mass is 16.7. The third-order valence-corrected chi connectivity index (χ3v) is 2.05. The number of hydrogen-bond acceptors (Lipinski definition) is 2. The largest absolute Gasteiger partial charge is 0.366 e. The highest BCUT2D eigenvalue weighted by Gasteiger charge is 2.11. The van der Waals surface area contributed by atoms with Gasteiger partial charge in [-0.1, -0.05) is 12.1 Å². The van der Waals surface area contributed by atoms with Crippen LogP contribution in [0.25, 0.3) is 11.0 Å². The SMILES string of the molecule is Cc1cccc2o[n+]([O-])c(C)c12. The van der Waals surface area contributed by atoms with E-state index in [1.54, 1.807) is 13.0 Å². The first-order chi connectivity index (χ1) is 5.70. The Morgan fingerprint density at radius 3 is 2.75 bits per heavy atom. The first kappa shape index (κ1) is 7.16. The fourth-order valence-corrected chi connectivity index (χ4v) is 1.43. The molecular weight excluding hydrogens is 154 g/mol. The smallest absolute Gasteiger partial charge is 0.251 e. The lowest BCUT2D eigenvalue weighted by Gasteiger charge is -1.91. The van der Waals surface area contributed by atoms with E-state index in [1.165, 1.54) is 0 Å². The van der Waals surface area contributed by atoms with Crippen LogP contribution in [0.1, 0.15) is 11.3 Å². The highest BCUT2D eigenvalue weighted by molar-refractivity contribution is 5.81. The molecule has 0 radical (unpaired) electrons. The van der Waals surface area contributed by atoms with E-state index >= 15 is 0 Å². The van der Waals surface area contributed by atoms with Crippen molar-refractivity contribution in [3.8, 4) is 0 Å². The van der Waals surface area contributed by atoms with Crippen molar-refractivity contribution in [1.29, 1.82) is 0 Å². The zero-order chi connectivity index (χ0) is 8.72. The number of aromatic nitrogens is 1. The molecule has 0 aliphatic heterocycles. The quantitative estimate of drug-likeness (QED) is 0.554. The maximum Gasteiger partial charge on any atom is 0.251 e. The van der Waals surface area contributed by atoms with Gasteiger partial charge in [-0.2, -0.15) is 0 Å². The molecule has 0 saturated heterocycles. The lowest BCUT2D eigenvalue weighted by Crippen LogP contribution is -2.25. The molecule has 0 aliphatic carbocycles. The summed E-state index contributed by atoms with van der Waals surface area (Å²) in [6, 6.07) is 5.63. The maximum absolute atomic E-state index is 11.0. The molecule has 0 N–H and O–H groups in total. The number of nitrogens with zero attached hydrogens (tertiary/aromatic N) is 1. The summed E-state index contributed by atoms with van der Waals surface area (Å²) in [5, 5.41) is 12.0. The van der Waals surface area contributed by atoms with Gasteiger partial charge in [-0.15, -0.1) is 0 Å². The fourth-order valence-electron chi connectivity index (χ4n) is 1.43. The van der Waals surface area contributed by atoms with Crippen molar-refractivity contribution < 1.29 is 9.43 Å². The van der Waals surface area contributed by atoms with Gasteiger partial charge in [-0.25, -0.2) is 0 Å². The first-order valence-corrected chi connectivity index (χ1v) is 3.79. The third kappa shape index (κ3) is 0.794. The molecular formula is C9H9NO2. The second-order valence-corrected chi connectivity index (χ2v) is 2.88. The first-order valence-electron chi connectivity index (χ1n) is 3.79. The van der Waals surface area contributed by atoms with Crippen molar-refractivity contribution >= 4 is 11.0 Å². The lowest BCUT2D eigenvalue weighted by molar-refractivity contribution is -0.792. The van der Waals surface area contributed by atoms with Crippen LogP contribution in [0.3, 0.4) is 0 Å². The van der Waals surface area contributed by atoms with Crippen LogP contribution in [0.5, 0.6) is 0 Å². The number of rotatable bonds is 0. The van der Waals surface area contributed by atoms with E-state index in [4.69, 9.17) is 4.52 Å². The van der Waals surface area contributed by atoms with Crippen molar-refractivity contribution in [3.63, 3.8) is 0 Å². The Morgan fingerprint density at radius 2 is 2.08 bits per heavy atom. The van der Waals surface area contributed by atoms with Gasteiger partial charge in [0.25, 0.3) is 5.69 Å². The molecule has 1 aromatic heterocycles. The Morgan fingerprint density at radius 1 is 1.33 bits per heavy atom. The summed E-state index contributed by atoms with van der Waals surface area (Å²) in [4.78, 5) is 0.553. The molecule has 0 bridgehead atoms. The molecule has 0 aliphatic rings. The molecule has 1 aromatic carbocycles. The highest BCUT2D eigenvalue weighted by Crippen LogP contribution is 2.19. The van der Waals surface area contributed by atoms with Crippen LogP contribution < -0.4 is 4.90 Å². The molecule has 0 fully saturated rings. The predicted octanol–water partition coefficient (Wildman–Crippen LogP) is 1.68. The number of benzene rings is 1. The zero-order valence-electron chi connectivity index (χ0n) is 7.00. The molecule has 0 amide bonds. The molecule has 0 unspecified atom stereocenters. The van der Waals surface area contributed by atoms with E-state index in [2.05, 4.69) is 0 Å². The van der Waals surface area contributed by atoms with Crippen LogP contribution in [0.2, 0.25) is 0 Å². The fraction of sp³-hybridized carbons (Fsp3) is 0.222. The molecule has 2 aromatic rings. The van der Waals surface area contributed by atoms with Crippen LogP contribution in [0.4, 0.5) is 0 Å². The summed E-state index contributed by atoms with van der Waals surface area (Å²) in [6.45, 7) is 3.72. The molecule has 12 heavy (non-hydrogen) atoms. The molecule has 62 valence electrons. The Kier molecular flexibility index (Phi) is 1.33. The van der Waals surface area contributed by atoms with E-state index in [0.29, 0.717) is 16.2 Å². The van der Waals surface area contributed by atoms with E-state index in [9.17, 15) is 5.21 Å². The number of aryl methyl sites for hydroxylation is 2. The Hall–Kier alpha value is -1.51. The van der Waals surface area contributed by atoms with Crippen LogP contribution in [0.15, 0.2) is 22.7 Å². The summed E-state index contributed by atoms with van der Waals surface area (Å²) in [6.07, 6.45) is 0. The summed E-state index contributed by atoms with van der Waals surface area (Å²) in [5.41, 5.74) is 2.36. The van der Waals surface area contributed by atoms with Crippen LogP contribution in [0, 0.1) is 19.1 Å². The Labute approximate surface area is 69.8 Å². The van der Waals surface area contributed by atoms with Crippen LogP contribution in [-0.2, 0) is 0 Å². The molecule has 0 spiro atoms. The average molecular weight is 163 g/mol. The summed E-state index contributed by atoms with van der Waals surface area (Å²) >= 11 is 0. The van der Waals surface area contributed by atoms with Gasteiger partial charge < -0.3 is 4.52 Å². The minimum absolute atomic E-state index is 0.553. The molecule has 3 nitrogen and oxygen atoms in total. The van der Waals surface area contributed by atoms with Crippen LogP contribution >= 0.6 is 0 Å². The summed E-state index contributed by atoms with van der Waals surface area (Å²) in [5.74, 6) is 0. The second-order valence-electron chi connectivity index (χ2n) is 2.88. The maximum atomic E-state index is 11.0. The van der Waals surface area contributed by atoms with Gasteiger partial charge >= 0.3 is 0 Å². The molecule has 2 rings (SSSR count). The Bertz CT molecular complexity index is 431. The molecule has 3 heteroatoms. The molecule has 0 saturated carbocycles. The lowest BCUT2D eigenvalue weighted by atomic mass is 10.1. The van der Waals surface area contributed by atoms with Gasteiger partial charge in [-0.05, 0) is 18.6 Å². The van der Waals surface area contributed by atoms with Gasteiger partial charge in [0, 0.05) is 11.8 Å². The zero-order valence-corrected chi connectivity index (χ0v) is 7.00. The second kappa shape index (κ2) is 2.24. The van der Waals surface area contributed by atoms with Gasteiger partial charge in [-0.3, -0.25) is 5.21 Å². The van der Waals surface area contributed by atoms with E-state index in [1.807, 2.05) is 19.1 Å². The third-order valence-electron chi connectivity index (χ3n) is 2.05. The monoisotopic (exact) mass is 163 g/mol. The average Bonchev–Trinajstić information content (AvgIpc) is 2.29. The van der Waals surface area contributed by atoms with E-state index in [-0.39, 0.29) is 0 Å². The predicted molar refractivity (Wildman–Crippen MR) is 44.6 cm³/mol. The van der Waals surface area contributed by atoms with Crippen molar-refractivity contribution in [2.24, 2.45) is 0 Å². The molecule has 1 heterocycles. The standard InChI is InChI=1S/C9H9NO2/c1-6-4-3-5-8-9(6)7(2)10(11)12-8/h3-5H,1-2H3. The summed E-state index contributed by atoms with van der Waals surface area (Å²) < 4.78 is 4.94. The van der Waals surface area contributed by atoms with Crippen molar-refractivity contribution in [3.05, 3.63) is 34.7 Å². The van der Waals surface area contributed by atoms with E-state index < -0.39 is 0 Å². The van der Waals surface area contributed by atoms with Crippen molar-refractivity contribution in [1.82, 2.24) is 0 Å². The minimum atomic E-state index is 0.553.